The molecule has 0 aliphatic carbocycles. The molecule has 0 saturated carbocycles. The predicted molar refractivity (Wildman–Crippen MR) is 92.9 cm³/mol. The summed E-state index contributed by atoms with van der Waals surface area (Å²) in [7, 11) is -2.84. The molecule has 0 atom stereocenters. The van der Waals surface area contributed by atoms with Crippen LogP contribution in [0.1, 0.15) is 6.92 Å². The lowest BCUT2D eigenvalue weighted by molar-refractivity contribution is 0.591. The molecule has 0 unspecified atom stereocenters. The molecule has 0 bridgehead atoms. The average molecular weight is 294 g/mol. The third-order valence-corrected chi connectivity index (χ3v) is 6.49. The minimum Gasteiger partial charge on any atom is -0.309 e. The van der Waals surface area contributed by atoms with Crippen molar-refractivity contribution in [3.05, 3.63) is 96.9 Å². The van der Waals surface area contributed by atoms with Gasteiger partial charge in [-0.2, -0.15) is 0 Å². The van der Waals surface area contributed by atoms with Crippen molar-refractivity contribution in [3.8, 4) is 0 Å². The van der Waals surface area contributed by atoms with Gasteiger partial charge in [0.2, 0.25) is 0 Å². The molecule has 2 heteroatoms. The molecule has 21 heavy (non-hydrogen) atoms. The highest BCUT2D eigenvalue weighted by atomic mass is 31.2. The molecule has 0 radical (unpaired) electrons. The lowest BCUT2D eigenvalue weighted by atomic mass is 10.4. The maximum absolute atomic E-state index is 13.9. The molecule has 2 aromatic rings. The predicted octanol–water partition coefficient (Wildman–Crippen LogP) is 4.65. The van der Waals surface area contributed by atoms with Gasteiger partial charge in [-0.3, -0.25) is 0 Å². The first-order chi connectivity index (χ1) is 10.2. The Balaban J connectivity index is 2.69. The van der Waals surface area contributed by atoms with E-state index in [2.05, 4.69) is 6.58 Å². The average Bonchev–Trinajstić information content (AvgIpc) is 2.57. The summed E-state index contributed by atoms with van der Waals surface area (Å²) in [6.07, 6.45) is 7.33. The van der Waals surface area contributed by atoms with Gasteiger partial charge in [-0.1, -0.05) is 91.5 Å². The number of benzene rings is 2. The van der Waals surface area contributed by atoms with Crippen LogP contribution in [-0.2, 0) is 4.57 Å². The van der Waals surface area contributed by atoms with Crippen LogP contribution in [-0.4, -0.2) is 0 Å². The zero-order valence-corrected chi connectivity index (χ0v) is 13.0. The summed E-state index contributed by atoms with van der Waals surface area (Å²) in [5.41, 5.74) is 0. The molecule has 0 aliphatic rings. The number of rotatable bonds is 5. The summed E-state index contributed by atoms with van der Waals surface area (Å²) in [4.78, 5) is 0. The fourth-order valence-electron chi connectivity index (χ4n) is 2.27. The van der Waals surface area contributed by atoms with Crippen molar-refractivity contribution in [2.24, 2.45) is 0 Å². The summed E-state index contributed by atoms with van der Waals surface area (Å²) >= 11 is 0. The first-order valence-electron chi connectivity index (χ1n) is 6.90. The Morgan fingerprint density at radius 2 is 1.43 bits per heavy atom. The molecular weight excluding hydrogens is 275 g/mol. The van der Waals surface area contributed by atoms with Gasteiger partial charge < -0.3 is 4.57 Å². The first-order valence-corrected chi connectivity index (χ1v) is 8.61. The van der Waals surface area contributed by atoms with Gasteiger partial charge in [0.05, 0.1) is 0 Å². The molecule has 0 spiro atoms. The van der Waals surface area contributed by atoms with Gasteiger partial charge in [-0.15, -0.1) is 0 Å². The van der Waals surface area contributed by atoms with Crippen LogP contribution >= 0.6 is 7.14 Å². The van der Waals surface area contributed by atoms with Crippen molar-refractivity contribution in [2.45, 2.75) is 6.92 Å². The van der Waals surface area contributed by atoms with E-state index in [0.29, 0.717) is 0 Å². The van der Waals surface area contributed by atoms with E-state index in [9.17, 15) is 4.57 Å². The quantitative estimate of drug-likeness (QED) is 0.579. The molecule has 0 fully saturated rings. The van der Waals surface area contributed by atoms with E-state index in [4.69, 9.17) is 0 Å². The van der Waals surface area contributed by atoms with Crippen LogP contribution in [0.5, 0.6) is 0 Å². The van der Waals surface area contributed by atoms with E-state index in [1.54, 1.807) is 6.08 Å². The normalized spacial score (nSPS) is 12.5. The highest BCUT2D eigenvalue weighted by Gasteiger charge is 2.29. The maximum atomic E-state index is 13.9. The second-order valence-electron chi connectivity index (χ2n) is 4.59. The van der Waals surface area contributed by atoms with Crippen LogP contribution in [0, 0.1) is 0 Å². The minimum atomic E-state index is -2.84. The summed E-state index contributed by atoms with van der Waals surface area (Å²) < 4.78 is 13.9. The zero-order chi connectivity index (χ0) is 15.1. The Morgan fingerprint density at radius 1 is 0.952 bits per heavy atom. The van der Waals surface area contributed by atoms with Gasteiger partial charge >= 0.3 is 0 Å². The highest BCUT2D eigenvalue weighted by molar-refractivity contribution is 7.82. The van der Waals surface area contributed by atoms with Crippen molar-refractivity contribution < 1.29 is 4.57 Å². The van der Waals surface area contributed by atoms with Crippen molar-refractivity contribution >= 4 is 17.8 Å². The Morgan fingerprint density at radius 3 is 1.81 bits per heavy atom. The van der Waals surface area contributed by atoms with Crippen molar-refractivity contribution in [1.82, 2.24) is 0 Å². The lowest BCUT2D eigenvalue weighted by Gasteiger charge is -2.20. The topological polar surface area (TPSA) is 17.1 Å². The van der Waals surface area contributed by atoms with Crippen LogP contribution in [0.25, 0.3) is 0 Å². The molecule has 1 nitrogen and oxygen atoms in total. The first kappa shape index (κ1) is 15.3. The monoisotopic (exact) mass is 294 g/mol. The Labute approximate surface area is 126 Å². The van der Waals surface area contributed by atoms with Crippen LogP contribution in [0.3, 0.4) is 0 Å². The molecular formula is C19H19OP. The van der Waals surface area contributed by atoms with E-state index >= 15 is 0 Å². The third kappa shape index (κ3) is 3.15. The van der Waals surface area contributed by atoms with E-state index < -0.39 is 7.14 Å². The minimum absolute atomic E-state index is 0.819. The SMILES string of the molecule is C=CC=CC(=CC)P(=O)(c1ccccc1)c1ccccc1. The molecule has 0 aliphatic heterocycles. The smallest absolute Gasteiger partial charge is 0.170 e. The van der Waals surface area contributed by atoms with E-state index in [0.717, 1.165) is 15.9 Å². The van der Waals surface area contributed by atoms with Crippen LogP contribution < -0.4 is 10.6 Å². The van der Waals surface area contributed by atoms with Crippen molar-refractivity contribution in [3.63, 3.8) is 0 Å². The molecule has 2 rings (SSSR count). The third-order valence-electron chi connectivity index (χ3n) is 3.30. The molecule has 0 N–H and O–H groups in total. The van der Waals surface area contributed by atoms with Crippen LogP contribution in [0.15, 0.2) is 96.9 Å². The highest BCUT2D eigenvalue weighted by Crippen LogP contribution is 2.52. The maximum Gasteiger partial charge on any atom is 0.170 e. The molecule has 0 amide bonds. The summed E-state index contributed by atoms with van der Waals surface area (Å²) in [6, 6.07) is 19.3. The Bertz CT molecular complexity index is 653. The zero-order valence-electron chi connectivity index (χ0n) is 12.1. The van der Waals surface area contributed by atoms with Crippen molar-refractivity contribution in [2.75, 3.05) is 0 Å². The second kappa shape index (κ2) is 7.06. The summed E-state index contributed by atoms with van der Waals surface area (Å²) in [5, 5.41) is 2.51. The molecule has 106 valence electrons. The fourth-order valence-corrected chi connectivity index (χ4v) is 5.01. The van der Waals surface area contributed by atoms with Crippen LogP contribution in [0.2, 0.25) is 0 Å². The largest absolute Gasteiger partial charge is 0.309 e. The van der Waals surface area contributed by atoms with Gasteiger partial charge in [0.15, 0.2) is 7.14 Å². The Kier molecular flexibility index (Phi) is 5.14. The van der Waals surface area contributed by atoms with E-state index in [-0.39, 0.29) is 0 Å². The Hall–Kier alpha value is -2.11. The second-order valence-corrected chi connectivity index (χ2v) is 7.36. The van der Waals surface area contributed by atoms with E-state index in [1.165, 1.54) is 0 Å². The van der Waals surface area contributed by atoms with Gasteiger partial charge in [-0.25, -0.2) is 0 Å². The van der Waals surface area contributed by atoms with Gasteiger partial charge in [0.1, 0.15) is 0 Å². The van der Waals surface area contributed by atoms with Crippen LogP contribution in [0.4, 0.5) is 0 Å². The molecule has 0 saturated heterocycles. The van der Waals surface area contributed by atoms with E-state index in [1.807, 2.05) is 85.8 Å². The fraction of sp³-hybridized carbons (Fsp3) is 0.0526. The van der Waals surface area contributed by atoms with Gasteiger partial charge in [0, 0.05) is 15.9 Å². The number of allylic oxidation sites excluding steroid dienone is 5. The lowest BCUT2D eigenvalue weighted by Crippen LogP contribution is -2.16. The number of hydrogen-bond donors (Lipinski definition) is 0. The summed E-state index contributed by atoms with van der Waals surface area (Å²) in [6.45, 7) is 5.61. The number of hydrogen-bond acceptors (Lipinski definition) is 1. The molecule has 0 heterocycles. The van der Waals surface area contributed by atoms with Gasteiger partial charge in [-0.05, 0) is 6.92 Å². The molecule has 0 aromatic heterocycles. The van der Waals surface area contributed by atoms with Crippen molar-refractivity contribution in [1.29, 1.82) is 0 Å². The summed E-state index contributed by atoms with van der Waals surface area (Å²) in [5.74, 6) is 0. The van der Waals surface area contributed by atoms with Gasteiger partial charge in [0.25, 0.3) is 0 Å². The molecule has 2 aromatic carbocycles. The standard InChI is InChI=1S/C19H19OP/c1-3-5-12-17(4-2)21(20,18-13-8-6-9-14-18)19-15-10-7-11-16-19/h3-16H,1H2,2H3.